The third-order valence-electron chi connectivity index (χ3n) is 0.636. The summed E-state index contributed by atoms with van der Waals surface area (Å²) in [6, 6.07) is 0. The van der Waals surface area contributed by atoms with E-state index in [-0.39, 0.29) is 0 Å². The number of hydrogen-bond acceptors (Lipinski definition) is 0. The van der Waals surface area contributed by atoms with Gasteiger partial charge in [-0.25, -0.2) is 0 Å². The van der Waals surface area contributed by atoms with Crippen molar-refractivity contribution in [3.05, 3.63) is 11.6 Å². The van der Waals surface area contributed by atoms with Crippen molar-refractivity contribution < 1.29 is 0 Å². The van der Waals surface area contributed by atoms with Gasteiger partial charge in [-0.15, -0.1) is 23.2 Å². The van der Waals surface area contributed by atoms with E-state index < -0.39 is 0 Å². The van der Waals surface area contributed by atoms with Gasteiger partial charge in [0.15, 0.2) is 0 Å². The van der Waals surface area contributed by atoms with Crippen LogP contribution in [0.4, 0.5) is 0 Å². The number of allylic oxidation sites excluding steroid dienone is 2. The van der Waals surface area contributed by atoms with Crippen LogP contribution in [0.2, 0.25) is 0 Å². The lowest BCUT2D eigenvalue weighted by Gasteiger charge is -1.85. The molecule has 0 saturated heterocycles. The van der Waals surface area contributed by atoms with Crippen molar-refractivity contribution in [3.8, 4) is 0 Å². The molecule has 0 aliphatic rings. The molecule has 0 fully saturated rings. The second kappa shape index (κ2) is 4.48. The maximum absolute atomic E-state index is 5.40. The maximum atomic E-state index is 5.40. The second-order valence-corrected chi connectivity index (χ2v) is 1.91. The van der Waals surface area contributed by atoms with Crippen LogP contribution < -0.4 is 0 Å². The standard InChI is InChI=1S/C5H8Cl2/c1-5(4-7)2-3-6/h2H,3-4H2,1H3. The zero-order valence-electron chi connectivity index (χ0n) is 4.25. The van der Waals surface area contributed by atoms with E-state index in [1.165, 1.54) is 0 Å². The molecule has 0 aliphatic carbocycles. The van der Waals surface area contributed by atoms with Crippen molar-refractivity contribution in [2.45, 2.75) is 6.92 Å². The minimum absolute atomic E-state index is 0.568. The normalized spacial score (nSPS) is 12.1. The summed E-state index contributed by atoms with van der Waals surface area (Å²) in [5.41, 5.74) is 1.14. The molecule has 0 aromatic rings. The summed E-state index contributed by atoms with van der Waals surface area (Å²) in [4.78, 5) is 0. The number of rotatable bonds is 2. The quantitative estimate of drug-likeness (QED) is 0.407. The summed E-state index contributed by atoms with van der Waals surface area (Å²) < 4.78 is 0. The van der Waals surface area contributed by atoms with Crippen LogP contribution >= 0.6 is 23.2 Å². The Morgan fingerprint density at radius 1 is 1.57 bits per heavy atom. The Labute approximate surface area is 54.1 Å². The van der Waals surface area contributed by atoms with Crippen LogP contribution in [0.25, 0.3) is 0 Å². The van der Waals surface area contributed by atoms with Gasteiger partial charge < -0.3 is 0 Å². The van der Waals surface area contributed by atoms with E-state index in [1.54, 1.807) is 0 Å². The van der Waals surface area contributed by atoms with Crippen molar-refractivity contribution in [2.75, 3.05) is 11.8 Å². The summed E-state index contributed by atoms with van der Waals surface area (Å²) in [5, 5.41) is 0. The fourth-order valence-corrected chi connectivity index (χ4v) is 0.559. The topological polar surface area (TPSA) is 0 Å². The smallest absolute Gasteiger partial charge is 0.0431 e. The Balaban J connectivity index is 3.29. The number of alkyl halides is 2. The number of hydrogen-bond donors (Lipinski definition) is 0. The van der Waals surface area contributed by atoms with E-state index >= 15 is 0 Å². The van der Waals surface area contributed by atoms with Crippen LogP contribution in [0, 0.1) is 0 Å². The molecule has 0 heterocycles. The van der Waals surface area contributed by atoms with E-state index in [9.17, 15) is 0 Å². The molecule has 0 aromatic carbocycles. The molecular weight excluding hydrogens is 131 g/mol. The van der Waals surface area contributed by atoms with Crippen LogP contribution in [0.3, 0.4) is 0 Å². The minimum atomic E-state index is 0.568. The molecule has 0 bridgehead atoms. The van der Waals surface area contributed by atoms with Crippen molar-refractivity contribution in [3.63, 3.8) is 0 Å². The van der Waals surface area contributed by atoms with E-state index in [0.29, 0.717) is 11.8 Å². The van der Waals surface area contributed by atoms with Crippen LogP contribution in [0.5, 0.6) is 0 Å². The molecule has 2 heteroatoms. The second-order valence-electron chi connectivity index (χ2n) is 1.34. The Bertz CT molecular complexity index is 66.5. The largest absolute Gasteiger partial charge is 0.122 e. The lowest BCUT2D eigenvalue weighted by atomic mass is 10.3. The van der Waals surface area contributed by atoms with E-state index in [0.717, 1.165) is 5.57 Å². The van der Waals surface area contributed by atoms with Gasteiger partial charge in [0, 0.05) is 11.8 Å². The summed E-state index contributed by atoms with van der Waals surface area (Å²) in [7, 11) is 0. The third kappa shape index (κ3) is 4.17. The molecule has 0 unspecified atom stereocenters. The molecule has 0 saturated carbocycles. The Hall–Kier alpha value is 0.320. The molecule has 0 N–H and O–H groups in total. The van der Waals surface area contributed by atoms with E-state index in [1.807, 2.05) is 13.0 Å². The van der Waals surface area contributed by atoms with Gasteiger partial charge in [-0.2, -0.15) is 0 Å². The van der Waals surface area contributed by atoms with Crippen LogP contribution in [-0.4, -0.2) is 11.8 Å². The molecule has 0 spiro atoms. The first-order valence-electron chi connectivity index (χ1n) is 2.08. The average molecular weight is 139 g/mol. The molecule has 0 radical (unpaired) electrons. The van der Waals surface area contributed by atoms with Crippen LogP contribution in [-0.2, 0) is 0 Å². The highest BCUT2D eigenvalue weighted by Gasteiger charge is 1.79. The highest BCUT2D eigenvalue weighted by atomic mass is 35.5. The first-order chi connectivity index (χ1) is 3.31. The zero-order chi connectivity index (χ0) is 5.70. The van der Waals surface area contributed by atoms with Gasteiger partial charge >= 0.3 is 0 Å². The van der Waals surface area contributed by atoms with Crippen molar-refractivity contribution in [1.29, 1.82) is 0 Å². The van der Waals surface area contributed by atoms with Gasteiger partial charge in [-0.1, -0.05) is 11.6 Å². The summed E-state index contributed by atoms with van der Waals surface area (Å²) in [5.74, 6) is 1.16. The van der Waals surface area contributed by atoms with Gasteiger partial charge in [-0.05, 0) is 6.92 Å². The average Bonchev–Trinajstić information content (AvgIpc) is 1.68. The predicted molar refractivity (Wildman–Crippen MR) is 35.2 cm³/mol. The lowest BCUT2D eigenvalue weighted by Crippen LogP contribution is -1.75. The molecular formula is C5H8Cl2. The molecule has 0 aromatic heterocycles. The van der Waals surface area contributed by atoms with Gasteiger partial charge in [0.1, 0.15) is 0 Å². The molecule has 0 atom stereocenters. The van der Waals surface area contributed by atoms with Crippen molar-refractivity contribution in [2.24, 2.45) is 0 Å². The van der Waals surface area contributed by atoms with Gasteiger partial charge in [0.25, 0.3) is 0 Å². The van der Waals surface area contributed by atoms with Gasteiger partial charge in [0.05, 0.1) is 0 Å². The monoisotopic (exact) mass is 138 g/mol. The summed E-state index contributed by atoms with van der Waals surface area (Å²) >= 11 is 10.7. The first kappa shape index (κ1) is 7.32. The van der Waals surface area contributed by atoms with E-state index in [2.05, 4.69) is 0 Å². The molecule has 0 rings (SSSR count). The fraction of sp³-hybridized carbons (Fsp3) is 0.600. The molecule has 0 amide bonds. The minimum Gasteiger partial charge on any atom is -0.122 e. The predicted octanol–water partition coefficient (Wildman–Crippen LogP) is 2.41. The van der Waals surface area contributed by atoms with Gasteiger partial charge in [-0.3, -0.25) is 0 Å². The number of halogens is 2. The first-order valence-corrected chi connectivity index (χ1v) is 3.15. The van der Waals surface area contributed by atoms with Gasteiger partial charge in [0.2, 0.25) is 0 Å². The zero-order valence-corrected chi connectivity index (χ0v) is 5.76. The molecule has 0 nitrogen and oxygen atoms in total. The summed E-state index contributed by atoms with van der Waals surface area (Å²) in [6.45, 7) is 1.95. The Kier molecular flexibility index (Phi) is 4.68. The van der Waals surface area contributed by atoms with Crippen molar-refractivity contribution >= 4 is 23.2 Å². The highest BCUT2D eigenvalue weighted by Crippen LogP contribution is 1.94. The Morgan fingerprint density at radius 3 is 2.29 bits per heavy atom. The molecule has 7 heavy (non-hydrogen) atoms. The maximum Gasteiger partial charge on any atom is 0.0431 e. The lowest BCUT2D eigenvalue weighted by molar-refractivity contribution is 1.37. The SMILES string of the molecule is CC(=CCCl)CCl. The van der Waals surface area contributed by atoms with Crippen LogP contribution in [0.1, 0.15) is 6.92 Å². The fourth-order valence-electron chi connectivity index (χ4n) is 0.186. The molecule has 0 aliphatic heterocycles. The Morgan fingerprint density at radius 2 is 2.14 bits per heavy atom. The summed E-state index contributed by atoms with van der Waals surface area (Å²) in [6.07, 6.45) is 1.90. The van der Waals surface area contributed by atoms with Crippen LogP contribution in [0.15, 0.2) is 11.6 Å². The highest BCUT2D eigenvalue weighted by molar-refractivity contribution is 6.20. The van der Waals surface area contributed by atoms with E-state index in [4.69, 9.17) is 23.2 Å². The van der Waals surface area contributed by atoms with Crippen molar-refractivity contribution in [1.82, 2.24) is 0 Å². The molecule has 42 valence electrons. The third-order valence-corrected chi connectivity index (χ3v) is 1.21.